The number of carbonyl (C=O) groups excluding carboxylic acids is 1. The summed E-state index contributed by atoms with van der Waals surface area (Å²) in [6.45, 7) is 7.65. The van der Waals surface area contributed by atoms with Gasteiger partial charge in [-0.1, -0.05) is 57.9 Å². The number of ether oxygens (including phenoxy) is 7. The first-order valence-corrected chi connectivity index (χ1v) is 14.5. The minimum Gasteiger partial charge on any atom is -0.492 e. The van der Waals surface area contributed by atoms with Crippen LogP contribution in [-0.4, -0.2) is 85.8 Å². The molecule has 0 atom stereocenters. The van der Waals surface area contributed by atoms with Gasteiger partial charge in [0, 0.05) is 5.92 Å². The normalized spacial score (nSPS) is 17.2. The molecule has 0 radical (unpaired) electrons. The van der Waals surface area contributed by atoms with Gasteiger partial charge in [0.2, 0.25) is 0 Å². The Morgan fingerprint density at radius 2 is 1.29 bits per heavy atom. The Hall–Kier alpha value is -1.71. The van der Waals surface area contributed by atoms with Gasteiger partial charge in [0.15, 0.2) is 0 Å². The summed E-state index contributed by atoms with van der Waals surface area (Å²) in [6.07, 6.45) is 11.2. The molecule has 0 aliphatic carbocycles. The molecule has 218 valence electrons. The van der Waals surface area contributed by atoms with Gasteiger partial charge in [-0.05, 0) is 30.5 Å². The van der Waals surface area contributed by atoms with E-state index in [4.69, 9.17) is 33.2 Å². The van der Waals surface area contributed by atoms with Gasteiger partial charge in [-0.25, -0.2) is 4.79 Å². The summed E-state index contributed by atoms with van der Waals surface area (Å²) in [4.78, 5) is 12.5. The molecule has 1 aliphatic heterocycles. The predicted octanol–water partition coefficient (Wildman–Crippen LogP) is 5.25. The van der Waals surface area contributed by atoms with Crippen LogP contribution in [0.4, 0.5) is 0 Å². The van der Waals surface area contributed by atoms with Gasteiger partial charge in [0.05, 0.1) is 79.8 Å². The molecule has 0 saturated carbocycles. The fourth-order valence-corrected chi connectivity index (χ4v) is 4.22. The van der Waals surface area contributed by atoms with Crippen LogP contribution in [0, 0.1) is 5.92 Å². The number of esters is 1. The van der Waals surface area contributed by atoms with E-state index in [2.05, 4.69) is 6.92 Å². The van der Waals surface area contributed by atoms with Crippen molar-refractivity contribution >= 4 is 5.97 Å². The molecule has 1 heterocycles. The van der Waals surface area contributed by atoms with E-state index < -0.39 is 0 Å². The minimum absolute atomic E-state index is 0.00580. The smallest absolute Gasteiger partial charge is 0.341 e. The zero-order chi connectivity index (χ0) is 27.1. The highest BCUT2D eigenvalue weighted by Crippen LogP contribution is 2.23. The van der Waals surface area contributed by atoms with Gasteiger partial charge < -0.3 is 33.2 Å². The van der Waals surface area contributed by atoms with Gasteiger partial charge in [-0.3, -0.25) is 0 Å². The zero-order valence-electron chi connectivity index (χ0n) is 23.7. The maximum Gasteiger partial charge on any atom is 0.341 e. The third-order valence-corrected chi connectivity index (χ3v) is 6.44. The quantitative estimate of drug-likeness (QED) is 0.249. The molecule has 0 N–H and O–H groups in total. The molecule has 0 unspecified atom stereocenters. The lowest BCUT2D eigenvalue weighted by atomic mass is 10.0. The number of methoxy groups -OCH3 is 1. The van der Waals surface area contributed by atoms with Crippen LogP contribution in [0.3, 0.4) is 0 Å². The standard InChI is InChI=1S/C30H50O8/c1-3-4-5-6-7-8-9-10-11-26-12-13-29(28(22-26)30(31)32-2)38-25-27-23-36-20-18-34-16-14-33-15-17-35-19-21-37-24-27/h12-13,22,27H,3-11,14-21,23-25H2,1-2H3. The number of hydrogen-bond donors (Lipinski definition) is 0. The van der Waals surface area contributed by atoms with Crippen molar-refractivity contribution in [2.75, 3.05) is 79.8 Å². The first-order valence-electron chi connectivity index (χ1n) is 14.5. The zero-order valence-corrected chi connectivity index (χ0v) is 23.7. The van der Waals surface area contributed by atoms with Gasteiger partial charge in [0.25, 0.3) is 0 Å². The van der Waals surface area contributed by atoms with E-state index >= 15 is 0 Å². The molecule has 0 amide bonds. The Morgan fingerprint density at radius 3 is 1.84 bits per heavy atom. The Bertz CT molecular complexity index is 710. The Kier molecular flexibility index (Phi) is 18.9. The lowest BCUT2D eigenvalue weighted by Crippen LogP contribution is -2.26. The van der Waals surface area contributed by atoms with Crippen LogP contribution in [0.15, 0.2) is 18.2 Å². The maximum atomic E-state index is 12.5. The highest BCUT2D eigenvalue weighted by molar-refractivity contribution is 5.92. The van der Waals surface area contributed by atoms with Gasteiger partial charge >= 0.3 is 5.97 Å². The summed E-state index contributed by atoms with van der Waals surface area (Å²) < 4.78 is 39.2. The van der Waals surface area contributed by atoms with E-state index in [1.807, 2.05) is 18.2 Å². The van der Waals surface area contributed by atoms with E-state index in [0.717, 1.165) is 18.4 Å². The number of hydrogen-bond acceptors (Lipinski definition) is 8. The topological polar surface area (TPSA) is 81.7 Å². The van der Waals surface area contributed by atoms with Crippen molar-refractivity contribution in [3.8, 4) is 5.75 Å². The van der Waals surface area contributed by atoms with Crippen molar-refractivity contribution in [1.29, 1.82) is 0 Å². The lowest BCUT2D eigenvalue weighted by Gasteiger charge is -2.20. The molecule has 0 spiro atoms. The summed E-state index contributed by atoms with van der Waals surface area (Å²) >= 11 is 0. The summed E-state index contributed by atoms with van der Waals surface area (Å²) in [7, 11) is 1.40. The second-order valence-electron chi connectivity index (χ2n) is 9.71. The summed E-state index contributed by atoms with van der Waals surface area (Å²) in [5, 5.41) is 0. The van der Waals surface area contributed by atoms with Crippen LogP contribution < -0.4 is 4.74 Å². The number of rotatable bonds is 13. The SMILES string of the molecule is CCCCCCCCCCc1ccc(OCC2COCCOCCOCCOCCOC2)c(C(=O)OC)c1. The van der Waals surface area contributed by atoms with Crippen molar-refractivity contribution in [2.45, 2.75) is 64.7 Å². The Balaban J connectivity index is 1.85. The molecule has 1 fully saturated rings. The molecule has 1 aromatic rings. The highest BCUT2D eigenvalue weighted by atomic mass is 16.6. The number of unbranched alkanes of at least 4 members (excludes halogenated alkanes) is 7. The van der Waals surface area contributed by atoms with Gasteiger partial charge in [0.1, 0.15) is 11.3 Å². The van der Waals surface area contributed by atoms with Crippen molar-refractivity contribution in [3.63, 3.8) is 0 Å². The average Bonchev–Trinajstić information content (AvgIpc) is 2.93. The predicted molar refractivity (Wildman–Crippen MR) is 147 cm³/mol. The fourth-order valence-electron chi connectivity index (χ4n) is 4.22. The number of aryl methyl sites for hydroxylation is 1. The fraction of sp³-hybridized carbons (Fsp3) is 0.767. The van der Waals surface area contributed by atoms with Crippen molar-refractivity contribution < 1.29 is 38.0 Å². The van der Waals surface area contributed by atoms with E-state index in [0.29, 0.717) is 84.0 Å². The minimum atomic E-state index is -0.387. The first-order chi connectivity index (χ1) is 18.7. The Morgan fingerprint density at radius 1 is 0.763 bits per heavy atom. The van der Waals surface area contributed by atoms with Crippen LogP contribution in [0.5, 0.6) is 5.75 Å². The molecule has 2 rings (SSSR count). The lowest BCUT2D eigenvalue weighted by molar-refractivity contribution is -0.0381. The van der Waals surface area contributed by atoms with E-state index in [1.165, 1.54) is 52.1 Å². The summed E-state index contributed by atoms with van der Waals surface area (Å²) in [6, 6.07) is 5.84. The highest BCUT2D eigenvalue weighted by Gasteiger charge is 2.17. The number of carbonyl (C=O) groups is 1. The van der Waals surface area contributed by atoms with E-state index in [9.17, 15) is 4.79 Å². The van der Waals surface area contributed by atoms with Crippen molar-refractivity contribution in [2.24, 2.45) is 5.92 Å². The second kappa shape index (κ2) is 22.1. The summed E-state index contributed by atoms with van der Waals surface area (Å²) in [5.74, 6) is 0.130. The molecule has 1 saturated heterocycles. The molecule has 1 aromatic carbocycles. The molecular formula is C30H50O8. The Labute approximate surface area is 229 Å². The van der Waals surface area contributed by atoms with Crippen LogP contribution in [0.25, 0.3) is 0 Å². The molecule has 38 heavy (non-hydrogen) atoms. The van der Waals surface area contributed by atoms with Crippen molar-refractivity contribution in [3.05, 3.63) is 29.3 Å². The third-order valence-electron chi connectivity index (χ3n) is 6.44. The molecule has 8 heteroatoms. The van der Waals surface area contributed by atoms with Crippen LogP contribution in [-0.2, 0) is 34.8 Å². The van der Waals surface area contributed by atoms with Gasteiger partial charge in [-0.15, -0.1) is 0 Å². The molecule has 1 aliphatic rings. The molecular weight excluding hydrogens is 488 g/mol. The summed E-state index contributed by atoms with van der Waals surface area (Å²) in [5.41, 5.74) is 1.59. The van der Waals surface area contributed by atoms with Crippen LogP contribution in [0.2, 0.25) is 0 Å². The van der Waals surface area contributed by atoms with Crippen LogP contribution >= 0.6 is 0 Å². The maximum absolute atomic E-state index is 12.5. The molecule has 0 aromatic heterocycles. The monoisotopic (exact) mass is 538 g/mol. The van der Waals surface area contributed by atoms with Crippen molar-refractivity contribution in [1.82, 2.24) is 0 Å². The third kappa shape index (κ3) is 15.0. The largest absolute Gasteiger partial charge is 0.492 e. The van der Waals surface area contributed by atoms with E-state index in [-0.39, 0.29) is 11.9 Å². The van der Waals surface area contributed by atoms with Crippen LogP contribution in [0.1, 0.15) is 74.2 Å². The average molecular weight is 539 g/mol. The van der Waals surface area contributed by atoms with Gasteiger partial charge in [-0.2, -0.15) is 0 Å². The molecule has 8 nitrogen and oxygen atoms in total. The van der Waals surface area contributed by atoms with E-state index in [1.54, 1.807) is 0 Å². The first kappa shape index (κ1) is 32.5. The molecule has 0 bridgehead atoms. The number of benzene rings is 1. The second-order valence-corrected chi connectivity index (χ2v) is 9.71.